The molecular weight excluding hydrogens is 395 g/mol. The first-order chi connectivity index (χ1) is 14.5. The molecular formula is C23H31BN2O5. The van der Waals surface area contributed by atoms with Crippen LogP contribution in [0.2, 0.25) is 0 Å². The highest BCUT2D eigenvalue weighted by molar-refractivity contribution is 6.62. The van der Waals surface area contributed by atoms with E-state index in [4.69, 9.17) is 18.8 Å². The van der Waals surface area contributed by atoms with E-state index < -0.39 is 24.6 Å². The molecule has 2 aromatic rings. The number of amides is 1. The maximum absolute atomic E-state index is 12.9. The smallest absolute Gasteiger partial charge is 0.399 e. The molecule has 1 aromatic carbocycles. The molecule has 1 saturated heterocycles. The van der Waals surface area contributed by atoms with Crippen LogP contribution in [0, 0.1) is 13.8 Å². The highest BCUT2D eigenvalue weighted by Gasteiger charge is 2.52. The van der Waals surface area contributed by atoms with Crippen molar-refractivity contribution in [1.82, 2.24) is 4.98 Å². The fourth-order valence-electron chi connectivity index (χ4n) is 3.53. The maximum atomic E-state index is 12.9. The summed E-state index contributed by atoms with van der Waals surface area (Å²) in [7, 11) is 2.61. The number of hydrogen-bond donors (Lipinski definition) is 1. The summed E-state index contributed by atoms with van der Waals surface area (Å²) in [4.78, 5) is 17.3. The van der Waals surface area contributed by atoms with Crippen LogP contribution >= 0.6 is 0 Å². The molecule has 1 amide bonds. The molecule has 0 aliphatic carbocycles. The van der Waals surface area contributed by atoms with Crippen LogP contribution in [0.4, 0.5) is 5.69 Å². The number of ether oxygens (including phenoxy) is 2. The fourth-order valence-corrected chi connectivity index (χ4v) is 3.53. The third-order valence-corrected chi connectivity index (χ3v) is 6.15. The maximum Gasteiger partial charge on any atom is 0.495 e. The number of nitrogens with one attached hydrogen (secondary N) is 1. The molecule has 166 valence electrons. The van der Waals surface area contributed by atoms with Crippen LogP contribution in [0.1, 0.15) is 61.2 Å². The van der Waals surface area contributed by atoms with E-state index in [0.717, 1.165) is 22.2 Å². The standard InChI is InChI=1S/C23H31BN2O5/c1-14-12-16(21(28-7)29-8)13-25-19(14)20(27)26-18-11-9-10-17(15(18)2)24-30-22(3,4)23(5,6)31-24/h9-13,21H,1-8H3,(H,26,27). The van der Waals surface area contributed by atoms with Gasteiger partial charge >= 0.3 is 7.12 Å². The third kappa shape index (κ3) is 4.53. The lowest BCUT2D eigenvalue weighted by Crippen LogP contribution is -2.41. The molecule has 0 radical (unpaired) electrons. The second-order valence-corrected chi connectivity index (χ2v) is 8.80. The average Bonchev–Trinajstić information content (AvgIpc) is 2.91. The average molecular weight is 426 g/mol. The van der Waals surface area contributed by atoms with Gasteiger partial charge in [0.15, 0.2) is 6.29 Å². The molecule has 0 spiro atoms. The first-order valence-corrected chi connectivity index (χ1v) is 10.3. The summed E-state index contributed by atoms with van der Waals surface area (Å²) in [6.07, 6.45) is 1.06. The summed E-state index contributed by atoms with van der Waals surface area (Å²) in [5, 5.41) is 2.97. The van der Waals surface area contributed by atoms with E-state index in [0.29, 0.717) is 11.4 Å². The summed E-state index contributed by atoms with van der Waals surface area (Å²) in [5.74, 6) is -0.287. The molecule has 3 rings (SSSR count). The van der Waals surface area contributed by atoms with Gasteiger partial charge in [-0.15, -0.1) is 0 Å². The molecule has 1 aliphatic heterocycles. The minimum atomic E-state index is -0.526. The summed E-state index contributed by atoms with van der Waals surface area (Å²) in [5.41, 5.74) is 3.42. The van der Waals surface area contributed by atoms with E-state index in [1.54, 1.807) is 20.4 Å². The first kappa shape index (κ1) is 23.4. The van der Waals surface area contributed by atoms with Crippen molar-refractivity contribution in [3.63, 3.8) is 0 Å². The lowest BCUT2D eigenvalue weighted by Gasteiger charge is -2.32. The number of carbonyl (C=O) groups is 1. The largest absolute Gasteiger partial charge is 0.495 e. The highest BCUT2D eigenvalue weighted by atomic mass is 16.7. The minimum absolute atomic E-state index is 0.287. The van der Waals surface area contributed by atoms with E-state index in [-0.39, 0.29) is 5.91 Å². The lowest BCUT2D eigenvalue weighted by molar-refractivity contribution is -0.106. The molecule has 1 fully saturated rings. The number of hydrogen-bond acceptors (Lipinski definition) is 6. The molecule has 0 saturated carbocycles. The Hall–Kier alpha value is -2.26. The van der Waals surface area contributed by atoms with Gasteiger partial charge in [-0.25, -0.2) is 0 Å². The quantitative estimate of drug-likeness (QED) is 0.563. The van der Waals surface area contributed by atoms with Gasteiger partial charge in [0.2, 0.25) is 0 Å². The van der Waals surface area contributed by atoms with Gasteiger partial charge in [-0.2, -0.15) is 0 Å². The van der Waals surface area contributed by atoms with Crippen LogP contribution in [0.15, 0.2) is 30.5 Å². The number of rotatable bonds is 6. The van der Waals surface area contributed by atoms with Gasteiger partial charge in [0.25, 0.3) is 5.91 Å². The molecule has 7 nitrogen and oxygen atoms in total. The predicted octanol–water partition coefficient (Wildman–Crippen LogP) is 3.54. The van der Waals surface area contributed by atoms with Crippen molar-refractivity contribution in [3.05, 3.63) is 52.8 Å². The van der Waals surface area contributed by atoms with Crippen LogP contribution in [-0.2, 0) is 18.8 Å². The zero-order valence-electron chi connectivity index (χ0n) is 19.5. The number of carbonyl (C=O) groups excluding carboxylic acids is 1. The minimum Gasteiger partial charge on any atom is -0.399 e. The Morgan fingerprint density at radius 2 is 1.71 bits per heavy atom. The molecule has 31 heavy (non-hydrogen) atoms. The van der Waals surface area contributed by atoms with Crippen molar-refractivity contribution in [2.75, 3.05) is 19.5 Å². The van der Waals surface area contributed by atoms with E-state index in [1.165, 1.54) is 0 Å². The molecule has 0 unspecified atom stereocenters. The zero-order chi connectivity index (χ0) is 23.0. The van der Waals surface area contributed by atoms with Crippen molar-refractivity contribution in [1.29, 1.82) is 0 Å². The highest BCUT2D eigenvalue weighted by Crippen LogP contribution is 2.37. The van der Waals surface area contributed by atoms with Gasteiger partial charge in [-0.3, -0.25) is 9.78 Å². The van der Waals surface area contributed by atoms with Crippen molar-refractivity contribution >= 4 is 24.2 Å². The van der Waals surface area contributed by atoms with Crippen molar-refractivity contribution in [2.45, 2.75) is 59.0 Å². The molecule has 1 aromatic heterocycles. The van der Waals surface area contributed by atoms with E-state index >= 15 is 0 Å². The van der Waals surface area contributed by atoms with E-state index in [9.17, 15) is 4.79 Å². The lowest BCUT2D eigenvalue weighted by atomic mass is 9.76. The number of anilines is 1. The molecule has 1 aliphatic rings. The van der Waals surface area contributed by atoms with Gasteiger partial charge in [0, 0.05) is 31.7 Å². The van der Waals surface area contributed by atoms with Gasteiger partial charge in [0.1, 0.15) is 5.69 Å². The Kier molecular flexibility index (Phi) is 6.57. The number of benzene rings is 1. The van der Waals surface area contributed by atoms with Crippen LogP contribution in [0.3, 0.4) is 0 Å². The summed E-state index contributed by atoms with van der Waals surface area (Å²) in [6.45, 7) is 11.9. The van der Waals surface area contributed by atoms with Crippen molar-refractivity contribution in [2.24, 2.45) is 0 Å². The van der Waals surface area contributed by atoms with E-state index in [1.807, 2.05) is 65.8 Å². The second kappa shape index (κ2) is 8.71. The zero-order valence-corrected chi connectivity index (χ0v) is 19.5. The van der Waals surface area contributed by atoms with Crippen LogP contribution in [0.5, 0.6) is 0 Å². The first-order valence-electron chi connectivity index (χ1n) is 10.3. The predicted molar refractivity (Wildman–Crippen MR) is 121 cm³/mol. The number of pyridine rings is 1. The molecule has 1 N–H and O–H groups in total. The van der Waals surface area contributed by atoms with Gasteiger partial charge < -0.3 is 24.1 Å². The van der Waals surface area contributed by atoms with Gasteiger partial charge in [-0.05, 0) is 70.3 Å². The monoisotopic (exact) mass is 426 g/mol. The Morgan fingerprint density at radius 3 is 2.26 bits per heavy atom. The molecule has 0 atom stereocenters. The van der Waals surface area contributed by atoms with Crippen molar-refractivity contribution in [3.8, 4) is 0 Å². The van der Waals surface area contributed by atoms with Gasteiger partial charge in [0.05, 0.1) is 11.2 Å². The Balaban J connectivity index is 1.83. The number of aryl methyl sites for hydroxylation is 1. The number of nitrogens with zero attached hydrogens (tertiary/aromatic N) is 1. The van der Waals surface area contributed by atoms with Crippen LogP contribution < -0.4 is 10.8 Å². The Bertz CT molecular complexity index is 956. The van der Waals surface area contributed by atoms with Crippen LogP contribution in [-0.4, -0.2) is 43.4 Å². The second-order valence-electron chi connectivity index (χ2n) is 8.80. The topological polar surface area (TPSA) is 78.9 Å². The number of methoxy groups -OCH3 is 2. The summed E-state index contributed by atoms with van der Waals surface area (Å²) >= 11 is 0. The molecule has 0 bridgehead atoms. The third-order valence-electron chi connectivity index (χ3n) is 6.15. The molecule has 2 heterocycles. The Labute approximate surface area is 184 Å². The van der Waals surface area contributed by atoms with Gasteiger partial charge in [-0.1, -0.05) is 12.1 Å². The Morgan fingerprint density at radius 1 is 1.10 bits per heavy atom. The molecule has 8 heteroatoms. The summed E-state index contributed by atoms with van der Waals surface area (Å²) in [6, 6.07) is 7.54. The summed E-state index contributed by atoms with van der Waals surface area (Å²) < 4.78 is 22.9. The van der Waals surface area contributed by atoms with Crippen LogP contribution in [0.25, 0.3) is 0 Å². The number of aromatic nitrogens is 1. The van der Waals surface area contributed by atoms with Crippen molar-refractivity contribution < 1.29 is 23.6 Å². The SMILES string of the molecule is COC(OC)c1cnc(C(=O)Nc2cccc(B3OC(C)(C)C(C)(C)O3)c2C)c(C)c1. The fraction of sp³-hybridized carbons (Fsp3) is 0.478. The van der Waals surface area contributed by atoms with E-state index in [2.05, 4.69) is 10.3 Å². The normalized spacial score (nSPS) is 17.3.